The first kappa shape index (κ1) is 13.4. The fourth-order valence-electron chi connectivity index (χ4n) is 4.03. The summed E-state index contributed by atoms with van der Waals surface area (Å²) in [5.41, 5.74) is 0. The molecule has 0 aromatic carbocycles. The van der Waals surface area contributed by atoms with E-state index in [1.807, 2.05) is 4.90 Å². The van der Waals surface area contributed by atoms with E-state index in [4.69, 9.17) is 4.74 Å². The largest absolute Gasteiger partial charge is 0.380 e. The Bertz CT molecular complexity index is 334. The van der Waals surface area contributed by atoms with Crippen LogP contribution in [0.1, 0.15) is 44.9 Å². The van der Waals surface area contributed by atoms with E-state index < -0.39 is 0 Å². The van der Waals surface area contributed by atoms with Crippen molar-refractivity contribution in [2.45, 2.75) is 63.1 Å². The van der Waals surface area contributed by atoms with Crippen LogP contribution in [0.3, 0.4) is 0 Å². The lowest BCUT2D eigenvalue weighted by atomic mass is 9.77. The molecule has 2 aliphatic heterocycles. The highest BCUT2D eigenvalue weighted by Crippen LogP contribution is 2.32. The molecule has 1 N–H and O–H groups in total. The van der Waals surface area contributed by atoms with Gasteiger partial charge in [-0.05, 0) is 38.0 Å². The molecule has 0 spiro atoms. The Balaban J connectivity index is 1.56. The van der Waals surface area contributed by atoms with Crippen LogP contribution in [0.4, 0.5) is 0 Å². The summed E-state index contributed by atoms with van der Waals surface area (Å²) in [6.45, 7) is 1.64. The van der Waals surface area contributed by atoms with E-state index >= 15 is 0 Å². The number of methoxy groups -OCH3 is 1. The number of nitrogens with zero attached hydrogens (tertiary/aromatic N) is 1. The summed E-state index contributed by atoms with van der Waals surface area (Å²) >= 11 is 0. The number of piperidine rings is 1. The Labute approximate surface area is 115 Å². The van der Waals surface area contributed by atoms with Crippen LogP contribution in [-0.2, 0) is 9.53 Å². The highest BCUT2D eigenvalue weighted by Gasteiger charge is 2.37. The average molecular weight is 266 g/mol. The van der Waals surface area contributed by atoms with Crippen molar-refractivity contribution in [3.05, 3.63) is 0 Å². The van der Waals surface area contributed by atoms with Crippen LogP contribution in [0, 0.1) is 5.92 Å². The Morgan fingerprint density at radius 1 is 1.16 bits per heavy atom. The van der Waals surface area contributed by atoms with Crippen molar-refractivity contribution in [3.63, 3.8) is 0 Å². The normalized spacial score (nSPS) is 39.1. The molecule has 1 amide bonds. The molecule has 0 radical (unpaired) electrons. The minimum Gasteiger partial charge on any atom is -0.380 e. The molecule has 4 heteroatoms. The van der Waals surface area contributed by atoms with Gasteiger partial charge in [0.25, 0.3) is 0 Å². The summed E-state index contributed by atoms with van der Waals surface area (Å²) < 4.78 is 5.35. The first-order valence-corrected chi connectivity index (χ1v) is 7.85. The number of carbonyl (C=O) groups excluding carboxylic acids is 1. The Kier molecular flexibility index (Phi) is 4.08. The van der Waals surface area contributed by atoms with E-state index in [2.05, 4.69) is 5.32 Å². The zero-order valence-corrected chi connectivity index (χ0v) is 11.9. The lowest BCUT2D eigenvalue weighted by Crippen LogP contribution is -2.55. The number of nitrogens with one attached hydrogen (secondary N) is 1. The molecule has 0 bridgehead atoms. The van der Waals surface area contributed by atoms with Gasteiger partial charge in [0.1, 0.15) is 0 Å². The van der Waals surface area contributed by atoms with Gasteiger partial charge in [-0.3, -0.25) is 4.79 Å². The van der Waals surface area contributed by atoms with Gasteiger partial charge in [0.2, 0.25) is 5.91 Å². The summed E-state index contributed by atoms with van der Waals surface area (Å²) in [5, 5.41) is 3.63. The van der Waals surface area contributed by atoms with Gasteiger partial charge in [-0.15, -0.1) is 0 Å². The van der Waals surface area contributed by atoms with Crippen LogP contribution in [-0.4, -0.2) is 49.2 Å². The van der Waals surface area contributed by atoms with E-state index in [1.165, 1.54) is 32.1 Å². The van der Waals surface area contributed by atoms with Crippen molar-refractivity contribution >= 4 is 5.91 Å². The molecule has 19 heavy (non-hydrogen) atoms. The van der Waals surface area contributed by atoms with Crippen LogP contribution < -0.4 is 5.32 Å². The molecular weight excluding hydrogens is 240 g/mol. The number of fused-ring (bicyclic) bond motifs is 1. The number of carbonyl (C=O) groups is 1. The topological polar surface area (TPSA) is 41.6 Å². The fourth-order valence-corrected chi connectivity index (χ4v) is 4.03. The van der Waals surface area contributed by atoms with Crippen LogP contribution >= 0.6 is 0 Å². The number of ether oxygens (including phenoxy) is 1. The Hall–Kier alpha value is -0.610. The van der Waals surface area contributed by atoms with Gasteiger partial charge < -0.3 is 15.0 Å². The first-order valence-electron chi connectivity index (χ1n) is 7.85. The molecule has 4 atom stereocenters. The molecule has 108 valence electrons. The number of hydrogen-bond donors (Lipinski definition) is 1. The van der Waals surface area contributed by atoms with E-state index in [9.17, 15) is 4.79 Å². The molecule has 2 heterocycles. The van der Waals surface area contributed by atoms with Gasteiger partial charge in [0.15, 0.2) is 0 Å². The highest BCUT2D eigenvalue weighted by atomic mass is 16.5. The minimum absolute atomic E-state index is 0.0648. The van der Waals surface area contributed by atoms with Crippen molar-refractivity contribution in [2.75, 3.05) is 20.2 Å². The van der Waals surface area contributed by atoms with E-state index in [-0.39, 0.29) is 12.1 Å². The smallest absolute Gasteiger partial charge is 0.239 e. The summed E-state index contributed by atoms with van der Waals surface area (Å²) in [7, 11) is 1.74. The monoisotopic (exact) mass is 266 g/mol. The van der Waals surface area contributed by atoms with Crippen molar-refractivity contribution in [1.82, 2.24) is 10.2 Å². The number of hydrogen-bond acceptors (Lipinski definition) is 3. The molecule has 1 saturated carbocycles. The zero-order valence-electron chi connectivity index (χ0n) is 11.9. The molecule has 4 unspecified atom stereocenters. The van der Waals surface area contributed by atoms with Crippen LogP contribution in [0.2, 0.25) is 0 Å². The maximum atomic E-state index is 12.5. The molecular formula is C15H26N2O2. The highest BCUT2D eigenvalue weighted by molar-refractivity contribution is 5.82. The lowest BCUT2D eigenvalue weighted by Gasteiger charge is -2.40. The number of likely N-dealkylation sites (tertiary alicyclic amines) is 1. The predicted octanol–water partition coefficient (Wildman–Crippen LogP) is 1.54. The third kappa shape index (κ3) is 2.79. The molecule has 0 aromatic heterocycles. The molecule has 2 saturated heterocycles. The summed E-state index contributed by atoms with van der Waals surface area (Å²) in [5.74, 6) is 1.13. The van der Waals surface area contributed by atoms with Crippen LogP contribution in [0.25, 0.3) is 0 Å². The van der Waals surface area contributed by atoms with Gasteiger partial charge in [-0.1, -0.05) is 12.8 Å². The average Bonchev–Trinajstić information content (AvgIpc) is 2.95. The van der Waals surface area contributed by atoms with Crippen molar-refractivity contribution < 1.29 is 9.53 Å². The minimum atomic E-state index is 0.0648. The lowest BCUT2D eigenvalue weighted by molar-refractivity contribution is -0.134. The fraction of sp³-hybridized carbons (Fsp3) is 0.933. The molecule has 3 fully saturated rings. The van der Waals surface area contributed by atoms with Gasteiger partial charge in [-0.2, -0.15) is 0 Å². The van der Waals surface area contributed by atoms with Crippen LogP contribution in [0.5, 0.6) is 0 Å². The third-order valence-corrected chi connectivity index (χ3v) is 5.24. The molecule has 1 aliphatic carbocycles. The number of rotatable bonds is 2. The Morgan fingerprint density at radius 3 is 2.79 bits per heavy atom. The van der Waals surface area contributed by atoms with E-state index in [0.29, 0.717) is 11.9 Å². The second-order valence-corrected chi connectivity index (χ2v) is 6.38. The van der Waals surface area contributed by atoms with Crippen molar-refractivity contribution in [3.8, 4) is 0 Å². The third-order valence-electron chi connectivity index (χ3n) is 5.24. The second kappa shape index (κ2) is 5.80. The quantitative estimate of drug-likeness (QED) is 0.824. The maximum absolute atomic E-state index is 12.5. The maximum Gasteiger partial charge on any atom is 0.239 e. The van der Waals surface area contributed by atoms with Crippen molar-refractivity contribution in [1.29, 1.82) is 0 Å². The van der Waals surface area contributed by atoms with Gasteiger partial charge in [0, 0.05) is 26.2 Å². The standard InChI is InChI=1S/C15H26N2O2/c1-19-12-8-9-17(10-12)15(18)14-7-6-11-4-2-3-5-13(11)16-14/h11-14,16H,2-10H2,1H3. The zero-order chi connectivity index (χ0) is 13.2. The SMILES string of the molecule is COC1CCN(C(=O)C2CCC3CCCCC3N2)C1. The summed E-state index contributed by atoms with van der Waals surface area (Å²) in [6.07, 6.45) is 8.80. The predicted molar refractivity (Wildman–Crippen MR) is 73.9 cm³/mol. The van der Waals surface area contributed by atoms with E-state index in [0.717, 1.165) is 31.8 Å². The van der Waals surface area contributed by atoms with Gasteiger partial charge in [0.05, 0.1) is 12.1 Å². The summed E-state index contributed by atoms with van der Waals surface area (Å²) in [4.78, 5) is 14.5. The summed E-state index contributed by atoms with van der Waals surface area (Å²) in [6, 6.07) is 0.659. The number of amides is 1. The molecule has 0 aromatic rings. The van der Waals surface area contributed by atoms with Gasteiger partial charge in [-0.25, -0.2) is 0 Å². The van der Waals surface area contributed by atoms with Crippen molar-refractivity contribution in [2.24, 2.45) is 5.92 Å². The second-order valence-electron chi connectivity index (χ2n) is 6.38. The van der Waals surface area contributed by atoms with Gasteiger partial charge >= 0.3 is 0 Å². The molecule has 3 rings (SSSR count). The molecule has 3 aliphatic rings. The first-order chi connectivity index (χ1) is 9.28. The van der Waals surface area contributed by atoms with Crippen LogP contribution in [0.15, 0.2) is 0 Å². The van der Waals surface area contributed by atoms with E-state index in [1.54, 1.807) is 7.11 Å². The Morgan fingerprint density at radius 2 is 2.00 bits per heavy atom. The molecule has 4 nitrogen and oxygen atoms in total.